The third-order valence-electron chi connectivity index (χ3n) is 5.63. The van der Waals surface area contributed by atoms with Crippen molar-refractivity contribution in [3.8, 4) is 11.4 Å². The highest BCUT2D eigenvalue weighted by atomic mass is 32.2. The van der Waals surface area contributed by atoms with E-state index >= 15 is 0 Å². The zero-order valence-electron chi connectivity index (χ0n) is 16.9. The first kappa shape index (κ1) is 19.4. The third kappa shape index (κ3) is 4.04. The summed E-state index contributed by atoms with van der Waals surface area (Å²) in [5.41, 5.74) is 3.46. The Morgan fingerprint density at radius 2 is 2.00 bits per heavy atom. The van der Waals surface area contributed by atoms with Gasteiger partial charge in [-0.25, -0.2) is 14.8 Å². The summed E-state index contributed by atoms with van der Waals surface area (Å²) in [6.07, 6.45) is 2.10. The summed E-state index contributed by atoms with van der Waals surface area (Å²) in [6, 6.07) is 7.87. The Balaban J connectivity index is 1.42. The quantitative estimate of drug-likeness (QED) is 0.778. The summed E-state index contributed by atoms with van der Waals surface area (Å²) in [5.74, 6) is 2.48. The number of carbonyl (C=O) groups is 1. The summed E-state index contributed by atoms with van der Waals surface area (Å²) >= 11 is 0. The molecule has 2 aliphatic heterocycles. The molecule has 2 aromatic rings. The van der Waals surface area contributed by atoms with Gasteiger partial charge in [0.15, 0.2) is 5.82 Å². The summed E-state index contributed by atoms with van der Waals surface area (Å²) in [7, 11) is -0.935. The van der Waals surface area contributed by atoms with Crippen LogP contribution in [0.3, 0.4) is 0 Å². The first-order valence-electron chi connectivity index (χ1n) is 10.3. The summed E-state index contributed by atoms with van der Waals surface area (Å²) in [5, 5.41) is 5.76. The molecule has 0 radical (unpaired) electrons. The van der Waals surface area contributed by atoms with Crippen molar-refractivity contribution in [3.05, 3.63) is 35.5 Å². The number of ether oxygens (including phenoxy) is 1. The average Bonchev–Trinajstić information content (AvgIpc) is 3.45. The maximum atomic E-state index is 12.2. The van der Waals surface area contributed by atoms with E-state index in [1.165, 1.54) is 0 Å². The minimum atomic E-state index is -0.935. The van der Waals surface area contributed by atoms with Gasteiger partial charge in [0.2, 0.25) is 0 Å². The summed E-state index contributed by atoms with van der Waals surface area (Å²) in [4.78, 5) is 23.8. The minimum Gasteiger partial charge on any atom is -0.377 e. The normalized spacial score (nSPS) is 23.2. The Hall–Kier alpha value is -2.52. The first-order valence-corrected chi connectivity index (χ1v) is 11.8. The van der Waals surface area contributed by atoms with Gasteiger partial charge >= 0.3 is 6.03 Å². The van der Waals surface area contributed by atoms with E-state index in [9.17, 15) is 9.00 Å². The second-order valence-electron chi connectivity index (χ2n) is 8.09. The van der Waals surface area contributed by atoms with Crippen LogP contribution in [0.2, 0.25) is 0 Å². The number of aromatic nitrogens is 2. The van der Waals surface area contributed by atoms with Crippen molar-refractivity contribution in [2.45, 2.75) is 43.4 Å². The molecule has 1 saturated heterocycles. The van der Waals surface area contributed by atoms with Crippen molar-refractivity contribution in [3.63, 3.8) is 0 Å². The minimum absolute atomic E-state index is 0.176. The SMILES string of the molecule is CC1COCCN1c1nc(-c2ccc(NC(=O)NC3CC3)cc2)nc2c1CS(=O)C2. The Kier molecular flexibility index (Phi) is 5.16. The molecule has 8 nitrogen and oxygen atoms in total. The lowest BCUT2D eigenvalue weighted by molar-refractivity contribution is 0.0984. The molecule has 2 amide bonds. The van der Waals surface area contributed by atoms with Crippen molar-refractivity contribution in [2.75, 3.05) is 30.0 Å². The number of benzene rings is 1. The van der Waals surface area contributed by atoms with Crippen molar-refractivity contribution in [1.82, 2.24) is 15.3 Å². The molecule has 1 aromatic carbocycles. The van der Waals surface area contributed by atoms with E-state index in [4.69, 9.17) is 14.7 Å². The van der Waals surface area contributed by atoms with Gasteiger partial charge in [0.25, 0.3) is 0 Å². The van der Waals surface area contributed by atoms with Crippen LogP contribution in [0, 0.1) is 0 Å². The number of hydrogen-bond donors (Lipinski definition) is 2. The molecular formula is C21H25N5O3S. The Morgan fingerprint density at radius 3 is 2.73 bits per heavy atom. The van der Waals surface area contributed by atoms with Crippen LogP contribution in [-0.2, 0) is 27.0 Å². The van der Waals surface area contributed by atoms with Crippen LogP contribution >= 0.6 is 0 Å². The zero-order chi connectivity index (χ0) is 20.7. The van der Waals surface area contributed by atoms with Gasteiger partial charge in [-0.05, 0) is 44.0 Å². The molecule has 2 N–H and O–H groups in total. The maximum absolute atomic E-state index is 12.2. The van der Waals surface area contributed by atoms with Gasteiger partial charge in [0.05, 0.1) is 36.5 Å². The molecule has 2 unspecified atom stereocenters. The van der Waals surface area contributed by atoms with E-state index in [0.29, 0.717) is 36.6 Å². The molecule has 158 valence electrons. The predicted octanol–water partition coefficient (Wildman–Crippen LogP) is 2.41. The molecule has 2 atom stereocenters. The number of carbonyl (C=O) groups excluding carboxylic acids is 1. The van der Waals surface area contributed by atoms with Crippen LogP contribution in [-0.4, -0.2) is 52.1 Å². The molecule has 1 saturated carbocycles. The molecular weight excluding hydrogens is 402 g/mol. The highest BCUT2D eigenvalue weighted by molar-refractivity contribution is 7.83. The number of rotatable bonds is 4. The van der Waals surface area contributed by atoms with Gasteiger partial charge < -0.3 is 20.3 Å². The molecule has 1 aromatic heterocycles. The summed E-state index contributed by atoms with van der Waals surface area (Å²) in [6.45, 7) is 4.19. The van der Waals surface area contributed by atoms with Crippen molar-refractivity contribution >= 4 is 28.3 Å². The van der Waals surface area contributed by atoms with E-state index in [2.05, 4.69) is 22.5 Å². The van der Waals surface area contributed by atoms with Gasteiger partial charge in [-0.15, -0.1) is 0 Å². The van der Waals surface area contributed by atoms with E-state index in [-0.39, 0.29) is 12.1 Å². The second kappa shape index (κ2) is 7.96. The molecule has 30 heavy (non-hydrogen) atoms. The van der Waals surface area contributed by atoms with Gasteiger partial charge in [-0.2, -0.15) is 0 Å². The molecule has 9 heteroatoms. The lowest BCUT2D eigenvalue weighted by atomic mass is 10.1. The number of amides is 2. The van der Waals surface area contributed by atoms with Crippen LogP contribution in [0.4, 0.5) is 16.3 Å². The first-order chi connectivity index (χ1) is 14.6. The number of urea groups is 1. The second-order valence-corrected chi connectivity index (χ2v) is 9.55. The van der Waals surface area contributed by atoms with Crippen molar-refractivity contribution < 1.29 is 13.7 Å². The van der Waals surface area contributed by atoms with Crippen LogP contribution in [0.1, 0.15) is 31.0 Å². The number of hydrogen-bond acceptors (Lipinski definition) is 6. The van der Waals surface area contributed by atoms with Crippen LogP contribution in [0.15, 0.2) is 24.3 Å². The Bertz CT molecular complexity index is 993. The van der Waals surface area contributed by atoms with Gasteiger partial charge in [-0.3, -0.25) is 4.21 Å². The Morgan fingerprint density at radius 1 is 1.20 bits per heavy atom. The van der Waals surface area contributed by atoms with E-state index in [1.807, 2.05) is 24.3 Å². The molecule has 0 bridgehead atoms. The van der Waals surface area contributed by atoms with E-state index in [1.54, 1.807) is 0 Å². The number of anilines is 2. The Labute approximate surface area is 177 Å². The number of nitrogens with zero attached hydrogens (tertiary/aromatic N) is 3. The van der Waals surface area contributed by atoms with Crippen molar-refractivity contribution in [2.24, 2.45) is 0 Å². The monoisotopic (exact) mass is 427 g/mol. The lowest BCUT2D eigenvalue weighted by Crippen LogP contribution is -2.44. The zero-order valence-corrected chi connectivity index (χ0v) is 17.7. The highest BCUT2D eigenvalue weighted by Crippen LogP contribution is 2.33. The predicted molar refractivity (Wildman–Crippen MR) is 116 cm³/mol. The van der Waals surface area contributed by atoms with Gasteiger partial charge in [0.1, 0.15) is 5.82 Å². The number of morpholine rings is 1. The fraction of sp³-hybridized carbons (Fsp3) is 0.476. The maximum Gasteiger partial charge on any atom is 0.319 e. The molecule has 3 heterocycles. The molecule has 5 rings (SSSR count). The van der Waals surface area contributed by atoms with E-state index in [0.717, 1.165) is 47.7 Å². The van der Waals surface area contributed by atoms with Crippen LogP contribution in [0.5, 0.6) is 0 Å². The molecule has 2 fully saturated rings. The number of nitrogens with one attached hydrogen (secondary N) is 2. The fourth-order valence-corrected chi connectivity index (χ4v) is 5.10. The largest absolute Gasteiger partial charge is 0.377 e. The van der Waals surface area contributed by atoms with Crippen molar-refractivity contribution in [1.29, 1.82) is 0 Å². The third-order valence-corrected chi connectivity index (χ3v) is 6.83. The van der Waals surface area contributed by atoms with Crippen LogP contribution in [0.25, 0.3) is 11.4 Å². The topological polar surface area (TPSA) is 96.4 Å². The standard InChI is InChI=1S/C21H25N5O3S/c1-13-10-29-9-8-26(13)20-17-11-30(28)12-18(17)24-19(25-20)14-2-4-15(5-3-14)22-21(27)23-16-6-7-16/h2-5,13,16H,6-12H2,1H3,(H2,22,23,27). The average molecular weight is 428 g/mol. The summed E-state index contributed by atoms with van der Waals surface area (Å²) < 4.78 is 17.8. The number of fused-ring (bicyclic) bond motifs is 1. The smallest absolute Gasteiger partial charge is 0.319 e. The van der Waals surface area contributed by atoms with Gasteiger partial charge in [-0.1, -0.05) is 0 Å². The van der Waals surface area contributed by atoms with Crippen LogP contribution < -0.4 is 15.5 Å². The lowest BCUT2D eigenvalue weighted by Gasteiger charge is -2.35. The fourth-order valence-electron chi connectivity index (χ4n) is 3.84. The molecule has 0 spiro atoms. The molecule has 3 aliphatic rings. The highest BCUT2D eigenvalue weighted by Gasteiger charge is 2.30. The van der Waals surface area contributed by atoms with Gasteiger partial charge in [0, 0.05) is 40.2 Å². The molecule has 1 aliphatic carbocycles. The van der Waals surface area contributed by atoms with E-state index < -0.39 is 10.8 Å².